The normalized spacial score (nSPS) is 15.2. The van der Waals surface area contributed by atoms with Crippen LogP contribution in [-0.2, 0) is 0 Å². The zero-order chi connectivity index (χ0) is 14.8. The molecule has 0 aliphatic carbocycles. The van der Waals surface area contributed by atoms with Crippen molar-refractivity contribution >= 4 is 5.95 Å². The summed E-state index contributed by atoms with van der Waals surface area (Å²) in [5.74, 6) is -0.660. The van der Waals surface area contributed by atoms with Gasteiger partial charge in [-0.2, -0.15) is 4.98 Å². The summed E-state index contributed by atoms with van der Waals surface area (Å²) in [5, 5.41) is 10.1. The zero-order valence-corrected chi connectivity index (χ0v) is 11.5. The smallest absolute Gasteiger partial charge is 0.264 e. The van der Waals surface area contributed by atoms with Gasteiger partial charge in [-0.15, -0.1) is 0 Å². The third-order valence-corrected chi connectivity index (χ3v) is 3.69. The number of nitrogens with zero attached hydrogens (tertiary/aromatic N) is 2. The van der Waals surface area contributed by atoms with E-state index >= 15 is 0 Å². The molecule has 1 aliphatic rings. The molecule has 5 nitrogen and oxygen atoms in total. The molecule has 110 valence electrons. The number of benzene rings is 1. The van der Waals surface area contributed by atoms with Crippen LogP contribution in [0.4, 0.5) is 10.3 Å². The highest BCUT2D eigenvalue weighted by Gasteiger charge is 2.19. The van der Waals surface area contributed by atoms with Crippen molar-refractivity contribution in [2.75, 3.05) is 18.0 Å². The van der Waals surface area contributed by atoms with E-state index in [1.807, 2.05) is 4.90 Å². The zero-order valence-electron chi connectivity index (χ0n) is 11.5. The van der Waals surface area contributed by atoms with Crippen LogP contribution in [0.3, 0.4) is 0 Å². The predicted molar refractivity (Wildman–Crippen MR) is 78.0 cm³/mol. The van der Waals surface area contributed by atoms with E-state index in [9.17, 15) is 14.3 Å². The molecule has 1 saturated heterocycles. The minimum atomic E-state index is -0.564. The fourth-order valence-corrected chi connectivity index (χ4v) is 2.61. The summed E-state index contributed by atoms with van der Waals surface area (Å²) in [7, 11) is 0. The molecule has 2 N–H and O–H groups in total. The van der Waals surface area contributed by atoms with Gasteiger partial charge in [-0.1, -0.05) is 18.2 Å². The fourth-order valence-electron chi connectivity index (χ4n) is 2.61. The molecule has 0 atom stereocenters. The Morgan fingerprint density at radius 1 is 1.19 bits per heavy atom. The summed E-state index contributed by atoms with van der Waals surface area (Å²) in [6, 6.07) is 5.82. The number of nitrogens with one attached hydrogen (secondary N) is 1. The average Bonchev–Trinajstić information content (AvgIpc) is 2.49. The topological polar surface area (TPSA) is 69.2 Å². The first-order chi connectivity index (χ1) is 10.2. The van der Waals surface area contributed by atoms with Crippen molar-refractivity contribution in [1.82, 2.24) is 9.97 Å². The molecule has 2 aromatic rings. The summed E-state index contributed by atoms with van der Waals surface area (Å²) < 4.78 is 13.8. The predicted octanol–water partition coefficient (Wildman–Crippen LogP) is 2.27. The van der Waals surface area contributed by atoms with Crippen molar-refractivity contribution in [2.45, 2.75) is 19.3 Å². The molecule has 3 rings (SSSR count). The van der Waals surface area contributed by atoms with Gasteiger partial charge in [0.1, 0.15) is 11.4 Å². The molecular formula is C15H16FN3O2. The van der Waals surface area contributed by atoms with Crippen molar-refractivity contribution in [3.05, 3.63) is 40.4 Å². The Morgan fingerprint density at radius 3 is 2.57 bits per heavy atom. The van der Waals surface area contributed by atoms with Gasteiger partial charge >= 0.3 is 0 Å². The number of H-pyrrole nitrogens is 1. The molecule has 1 aromatic heterocycles. The second kappa shape index (κ2) is 5.55. The molecule has 0 amide bonds. The maximum Gasteiger partial charge on any atom is 0.264 e. The number of aromatic nitrogens is 2. The Hall–Kier alpha value is -2.37. The Morgan fingerprint density at radius 2 is 1.90 bits per heavy atom. The van der Waals surface area contributed by atoms with E-state index < -0.39 is 17.3 Å². The number of rotatable bonds is 2. The minimum absolute atomic E-state index is 0.0499. The highest BCUT2D eigenvalue weighted by Crippen LogP contribution is 2.27. The number of anilines is 1. The van der Waals surface area contributed by atoms with Gasteiger partial charge in [-0.05, 0) is 25.3 Å². The Balaban J connectivity index is 2.05. The number of aromatic amines is 1. The highest BCUT2D eigenvalue weighted by molar-refractivity contribution is 5.68. The van der Waals surface area contributed by atoms with E-state index in [1.54, 1.807) is 6.07 Å². The van der Waals surface area contributed by atoms with Crippen LogP contribution in [0, 0.1) is 5.82 Å². The second-order valence-corrected chi connectivity index (χ2v) is 5.12. The van der Waals surface area contributed by atoms with E-state index in [1.165, 1.54) is 18.2 Å². The number of piperidine rings is 1. The van der Waals surface area contributed by atoms with E-state index in [0.29, 0.717) is 5.95 Å². The lowest BCUT2D eigenvalue weighted by Gasteiger charge is -2.27. The van der Waals surface area contributed by atoms with Gasteiger partial charge < -0.3 is 10.0 Å². The second-order valence-electron chi connectivity index (χ2n) is 5.12. The number of aromatic hydroxyl groups is 1. The third kappa shape index (κ3) is 2.61. The summed E-state index contributed by atoms with van der Waals surface area (Å²) >= 11 is 0. The average molecular weight is 289 g/mol. The van der Waals surface area contributed by atoms with Gasteiger partial charge in [0, 0.05) is 18.7 Å². The van der Waals surface area contributed by atoms with Crippen molar-refractivity contribution in [2.24, 2.45) is 0 Å². The summed E-state index contributed by atoms with van der Waals surface area (Å²) in [4.78, 5) is 20.8. The molecule has 1 aromatic carbocycles. The van der Waals surface area contributed by atoms with Crippen LogP contribution < -0.4 is 10.5 Å². The van der Waals surface area contributed by atoms with E-state index in [0.717, 1.165) is 32.4 Å². The molecule has 0 spiro atoms. The quantitative estimate of drug-likeness (QED) is 0.890. The fraction of sp³-hybridized carbons (Fsp3) is 0.333. The monoisotopic (exact) mass is 289 g/mol. The van der Waals surface area contributed by atoms with Crippen molar-refractivity contribution in [1.29, 1.82) is 0 Å². The standard InChI is InChI=1S/C15H16FN3O2/c16-11-7-3-2-6-10(11)12-13(20)17-15(18-14(12)21)19-8-4-1-5-9-19/h2-3,6-7H,1,4-5,8-9H2,(H2,17,18,20,21). The van der Waals surface area contributed by atoms with E-state index in [-0.39, 0.29) is 11.1 Å². The SMILES string of the molecule is O=c1[nH]c(N2CCCCC2)nc(O)c1-c1ccccc1F. The number of halogens is 1. The molecule has 1 aliphatic heterocycles. The maximum atomic E-state index is 13.8. The van der Waals surface area contributed by atoms with Gasteiger partial charge in [0.25, 0.3) is 5.56 Å². The lowest BCUT2D eigenvalue weighted by atomic mass is 10.1. The first-order valence-electron chi connectivity index (χ1n) is 7.00. The largest absolute Gasteiger partial charge is 0.493 e. The Kier molecular flexibility index (Phi) is 3.60. The molecule has 0 unspecified atom stereocenters. The summed E-state index contributed by atoms with van der Waals surface area (Å²) in [6.07, 6.45) is 3.21. The first-order valence-corrected chi connectivity index (χ1v) is 7.00. The maximum absolute atomic E-state index is 13.8. The highest BCUT2D eigenvalue weighted by atomic mass is 19.1. The summed E-state index contributed by atoms with van der Waals surface area (Å²) in [5.41, 5.74) is -0.615. The molecule has 0 bridgehead atoms. The van der Waals surface area contributed by atoms with Gasteiger partial charge in [-0.3, -0.25) is 9.78 Å². The molecule has 2 heterocycles. The van der Waals surface area contributed by atoms with Crippen LogP contribution in [0.1, 0.15) is 19.3 Å². The molecule has 21 heavy (non-hydrogen) atoms. The molecule has 0 radical (unpaired) electrons. The van der Waals surface area contributed by atoms with Crippen LogP contribution >= 0.6 is 0 Å². The number of hydrogen-bond acceptors (Lipinski definition) is 4. The van der Waals surface area contributed by atoms with Crippen molar-refractivity contribution in [3.63, 3.8) is 0 Å². The molecule has 0 saturated carbocycles. The van der Waals surface area contributed by atoms with Crippen LogP contribution in [0.5, 0.6) is 5.88 Å². The van der Waals surface area contributed by atoms with Gasteiger partial charge in [0.15, 0.2) is 0 Å². The van der Waals surface area contributed by atoms with Crippen molar-refractivity contribution < 1.29 is 9.50 Å². The molecule has 6 heteroatoms. The Labute approximate surface area is 121 Å². The number of hydrogen-bond donors (Lipinski definition) is 2. The van der Waals surface area contributed by atoms with Gasteiger partial charge in [0.2, 0.25) is 11.8 Å². The molecule has 1 fully saturated rings. The van der Waals surface area contributed by atoms with Gasteiger partial charge in [0.05, 0.1) is 0 Å². The first kappa shape index (κ1) is 13.6. The Bertz CT molecular complexity index is 708. The van der Waals surface area contributed by atoms with Crippen LogP contribution in [-0.4, -0.2) is 28.2 Å². The van der Waals surface area contributed by atoms with Crippen LogP contribution in [0.25, 0.3) is 11.1 Å². The lowest BCUT2D eigenvalue weighted by molar-refractivity contribution is 0.450. The lowest BCUT2D eigenvalue weighted by Crippen LogP contribution is -2.32. The van der Waals surface area contributed by atoms with E-state index in [2.05, 4.69) is 9.97 Å². The van der Waals surface area contributed by atoms with E-state index in [4.69, 9.17) is 0 Å². The molecular weight excluding hydrogens is 273 g/mol. The van der Waals surface area contributed by atoms with Gasteiger partial charge in [-0.25, -0.2) is 4.39 Å². The third-order valence-electron chi connectivity index (χ3n) is 3.69. The van der Waals surface area contributed by atoms with Crippen LogP contribution in [0.2, 0.25) is 0 Å². The minimum Gasteiger partial charge on any atom is -0.493 e. The van der Waals surface area contributed by atoms with Crippen LogP contribution in [0.15, 0.2) is 29.1 Å². The van der Waals surface area contributed by atoms with Crippen molar-refractivity contribution in [3.8, 4) is 17.0 Å². The summed E-state index contributed by atoms with van der Waals surface area (Å²) in [6.45, 7) is 1.59.